The summed E-state index contributed by atoms with van der Waals surface area (Å²) in [5.74, 6) is 5.35. The molecule has 0 bridgehead atoms. The summed E-state index contributed by atoms with van der Waals surface area (Å²) in [4.78, 5) is 0. The van der Waals surface area contributed by atoms with E-state index in [4.69, 9.17) is 25.9 Å². The van der Waals surface area contributed by atoms with Crippen LogP contribution in [0.15, 0.2) is 73.3 Å². The van der Waals surface area contributed by atoms with E-state index in [1.165, 1.54) is 37.2 Å². The fourth-order valence-electron chi connectivity index (χ4n) is 6.50. The molecule has 4 aliphatic carbocycles. The molecule has 4 aliphatic rings. The van der Waals surface area contributed by atoms with Crippen molar-refractivity contribution in [3.05, 3.63) is 102 Å². The Morgan fingerprint density at radius 2 is 1.10 bits per heavy atom. The van der Waals surface area contributed by atoms with Crippen molar-refractivity contribution in [2.45, 2.75) is 62.7 Å². The van der Waals surface area contributed by atoms with E-state index in [2.05, 4.69) is 76.6 Å². The van der Waals surface area contributed by atoms with E-state index >= 15 is 0 Å². The van der Waals surface area contributed by atoms with Crippen molar-refractivity contribution in [3.63, 3.8) is 0 Å². The maximum atomic E-state index is 5.84. The molecule has 6 atom stereocenters. The predicted molar refractivity (Wildman–Crippen MR) is 179 cm³/mol. The third-order valence-corrected chi connectivity index (χ3v) is 14.3. The van der Waals surface area contributed by atoms with Crippen molar-refractivity contribution in [2.75, 3.05) is 0 Å². The maximum Gasteiger partial charge on any atom is 0 e. The van der Waals surface area contributed by atoms with Crippen LogP contribution in [0.2, 0.25) is 24.2 Å². The minimum atomic E-state index is -1.38. The Kier molecular flexibility index (Phi) is 49.8. The number of hydrogen-bond donors (Lipinski definition) is 0. The Hall–Kier alpha value is 5.61. The molecule has 0 spiro atoms. The first-order valence-corrected chi connectivity index (χ1v) is 24.1. The Balaban J connectivity index is -0.000000167. The summed E-state index contributed by atoms with van der Waals surface area (Å²) in [7, 11) is 10.1. The molecular weight excluding hydrogens is 1200 g/mol. The number of fused-ring (bicyclic) bond motifs is 2. The molecule has 6 unspecified atom stereocenters. The first-order chi connectivity index (χ1) is 17.3. The van der Waals surface area contributed by atoms with Gasteiger partial charge < -0.3 is 37.6 Å². The molecule has 0 amide bonds. The van der Waals surface area contributed by atoms with Crippen LogP contribution in [-0.4, -0.2) is 29.0 Å². The quantitative estimate of drug-likeness (QED) is 0.153. The van der Waals surface area contributed by atoms with E-state index in [0.29, 0.717) is 11.8 Å². The van der Waals surface area contributed by atoms with Crippen molar-refractivity contribution < 1.29 is 195 Å². The van der Waals surface area contributed by atoms with Crippen molar-refractivity contribution in [3.8, 4) is 0 Å². The molecule has 0 N–H and O–H groups in total. The van der Waals surface area contributed by atoms with Gasteiger partial charge in [0.2, 0.25) is 21.0 Å². The molecule has 12 heteroatoms. The van der Waals surface area contributed by atoms with E-state index in [1.807, 2.05) is 0 Å². The normalized spacial score (nSPS) is 25.1. The zero-order chi connectivity index (χ0) is 27.1. The second-order valence-electron chi connectivity index (χ2n) is 10.1. The van der Waals surface area contributed by atoms with Gasteiger partial charge in [-0.1, -0.05) is 50.2 Å². The standard InChI is InChI=1S/C20H32O2Si3.2C4H7.2CH3.2ClH.4Pr.Zr/c1-25(2,19-11-9-13-15(19)5-3-7-17(13)21-23)20-12-10-14-16(20)6-4-8-18(14)22-24;2*1-3-4-2;;;;;;;;;/h3-8,13-16,19-20H,9-12H2,1-2,23-24H3;2*3H,1-2,4H2;2*1H3;2*1H;;;;;/q;4*-1;;;;;;;+4/p-2. The van der Waals surface area contributed by atoms with Crippen LogP contribution in [0, 0.1) is 218 Å². The second-order valence-corrected chi connectivity index (χ2v) is 19.8. The molecule has 2 nitrogen and oxygen atoms in total. The summed E-state index contributed by atoms with van der Waals surface area (Å²) in [6.07, 6.45) is 24.7. The van der Waals surface area contributed by atoms with Crippen molar-refractivity contribution in [1.29, 1.82) is 0 Å². The topological polar surface area (TPSA) is 18.5 Å². The fourth-order valence-corrected chi connectivity index (χ4v) is 12.4. The fraction of sp³-hybridized carbons (Fsp3) is 0.467. The van der Waals surface area contributed by atoms with Crippen LogP contribution in [0.1, 0.15) is 38.5 Å². The predicted octanol–water partition coefficient (Wildman–Crippen LogP) is 8.06. The smallest absolute Gasteiger partial charge is 0 e. The summed E-state index contributed by atoms with van der Waals surface area (Å²) in [6, 6.07) is 0. The SMILES string of the molecule is C=CC[CH2-].C=CC[CH2-].C[Si](C)(C1CCC2C(O[SiH3])=CC=CC21)C1CCC2C(O[SiH3])=CC=CC21.[CH3-].[CH3-].[Cl][Zr+2][Cl].[Pr].[Pr].[Pr].[Pr]. The maximum absolute atomic E-state index is 5.84. The van der Waals surface area contributed by atoms with Gasteiger partial charge in [0.25, 0.3) is 0 Å². The molecule has 0 heterocycles. The summed E-state index contributed by atoms with van der Waals surface area (Å²) in [5.41, 5.74) is 1.80. The molecule has 228 valence electrons. The minimum Gasteiger partial charge on any atom is 0 e. The molecule has 0 aromatic rings. The average Bonchev–Trinajstić information content (AvgIpc) is 3.54. The van der Waals surface area contributed by atoms with E-state index in [1.54, 1.807) is 12.2 Å². The van der Waals surface area contributed by atoms with Crippen molar-refractivity contribution in [2.24, 2.45) is 23.7 Å². The molecule has 42 heavy (non-hydrogen) atoms. The largest absolute Gasteiger partial charge is 0 e. The van der Waals surface area contributed by atoms with Crippen LogP contribution in [0.3, 0.4) is 0 Å². The first kappa shape index (κ1) is 59.7. The van der Waals surface area contributed by atoms with Crippen molar-refractivity contribution in [1.82, 2.24) is 0 Å². The molecule has 0 aromatic heterocycles. The third kappa shape index (κ3) is 18.7. The first-order valence-electron chi connectivity index (χ1n) is 12.9. The van der Waals surface area contributed by atoms with E-state index in [9.17, 15) is 0 Å². The Labute approximate surface area is 420 Å². The third-order valence-electron chi connectivity index (χ3n) is 8.15. The molecular formula is C30H52Cl2O2Pr4Si3Zr-2. The van der Waals surface area contributed by atoms with Crippen LogP contribution in [0.5, 0.6) is 0 Å². The van der Waals surface area contributed by atoms with E-state index in [-0.39, 0.29) is 180 Å². The monoisotopic (exact) mass is 1250 g/mol. The molecule has 0 aromatic carbocycles. The van der Waals surface area contributed by atoms with Crippen LogP contribution in [0.25, 0.3) is 0 Å². The van der Waals surface area contributed by atoms with E-state index < -0.39 is 28.9 Å². The van der Waals surface area contributed by atoms with Crippen LogP contribution in [0.4, 0.5) is 0 Å². The average molecular weight is 1250 g/mol. The Morgan fingerprint density at radius 1 is 0.810 bits per heavy atom. The summed E-state index contributed by atoms with van der Waals surface area (Å²) >= 11 is -0.826. The van der Waals surface area contributed by atoms with Gasteiger partial charge in [-0.15, -0.1) is 25.3 Å². The van der Waals surface area contributed by atoms with Crippen LogP contribution >= 0.6 is 17.0 Å². The second kappa shape index (κ2) is 35.0. The van der Waals surface area contributed by atoms with Crippen molar-refractivity contribution >= 4 is 46.1 Å². The molecule has 4 rings (SSSR count). The van der Waals surface area contributed by atoms with Gasteiger partial charge in [-0.2, -0.15) is 12.8 Å². The van der Waals surface area contributed by atoms with Gasteiger partial charge in [-0.3, -0.25) is 0 Å². The van der Waals surface area contributed by atoms with Crippen LogP contribution < -0.4 is 0 Å². The summed E-state index contributed by atoms with van der Waals surface area (Å²) in [6.45, 7) is 19.2. The van der Waals surface area contributed by atoms with Gasteiger partial charge in [0.1, 0.15) is 0 Å². The van der Waals surface area contributed by atoms with Crippen LogP contribution in [-0.2, 0) is 29.7 Å². The Morgan fingerprint density at radius 3 is 1.33 bits per heavy atom. The van der Waals surface area contributed by atoms with Gasteiger partial charge in [-0.25, -0.2) is 0 Å². The minimum absolute atomic E-state index is 0. The number of allylic oxidation sites excluding steroid dienone is 10. The zero-order valence-electron chi connectivity index (χ0n) is 27.0. The summed E-state index contributed by atoms with van der Waals surface area (Å²) < 4.78 is 11.7. The zero-order valence-corrected chi connectivity index (χ0v) is 50.8. The van der Waals surface area contributed by atoms with Gasteiger partial charge in [0, 0.05) is 177 Å². The number of rotatable bonds is 6. The van der Waals surface area contributed by atoms with Gasteiger partial charge in [0.15, 0.2) is 0 Å². The van der Waals surface area contributed by atoms with Gasteiger partial charge in [0.05, 0.1) is 19.6 Å². The molecule has 2 saturated carbocycles. The number of hydrogen-bond acceptors (Lipinski definition) is 2. The molecule has 0 aliphatic heterocycles. The molecule has 0 saturated heterocycles. The molecule has 2 fully saturated rings. The Bertz CT molecular complexity index is 755. The van der Waals surface area contributed by atoms with E-state index in [0.717, 1.165) is 56.7 Å². The van der Waals surface area contributed by atoms with Gasteiger partial charge in [-0.05, 0) is 47.9 Å². The summed E-state index contributed by atoms with van der Waals surface area (Å²) in [5, 5.41) is 0. The number of halogens is 2. The molecule has 4 radical (unpaired) electrons. The van der Waals surface area contributed by atoms with Gasteiger partial charge >= 0.3 is 37.9 Å².